The Labute approximate surface area is 93.6 Å². The zero-order chi connectivity index (χ0) is 10.2. The van der Waals surface area contributed by atoms with Crippen LogP contribution in [0.5, 0.6) is 0 Å². The van der Waals surface area contributed by atoms with E-state index in [4.69, 9.17) is 0 Å². The minimum absolute atomic E-state index is 0.914. The predicted octanol–water partition coefficient (Wildman–Crippen LogP) is 2.55. The highest BCUT2D eigenvalue weighted by Crippen LogP contribution is 2.07. The molecule has 0 bridgehead atoms. The molecule has 2 nitrogen and oxygen atoms in total. The molecule has 14 heavy (non-hydrogen) atoms. The fraction of sp³-hybridized carbons (Fsp3) is 0.364. The summed E-state index contributed by atoms with van der Waals surface area (Å²) in [7, 11) is 1.96. The third-order valence-corrected chi connectivity index (χ3v) is 2.31. The summed E-state index contributed by atoms with van der Waals surface area (Å²) in [6, 6.07) is 4.05. The Morgan fingerprint density at radius 3 is 2.93 bits per heavy atom. The largest absolute Gasteiger partial charge is 0.319 e. The number of hydrogen-bond donors (Lipinski definition) is 1. The molecule has 1 heterocycles. The Hall–Kier alpha value is -0.670. The van der Waals surface area contributed by atoms with Crippen LogP contribution in [0.15, 0.2) is 35.0 Å². The van der Waals surface area contributed by atoms with E-state index in [2.05, 4.69) is 38.4 Å². The van der Waals surface area contributed by atoms with Crippen molar-refractivity contribution in [2.45, 2.75) is 12.8 Å². The van der Waals surface area contributed by atoms with E-state index in [9.17, 15) is 0 Å². The smallest absolute Gasteiger partial charge is 0.0442 e. The summed E-state index contributed by atoms with van der Waals surface area (Å²) in [6.07, 6.45) is 8.16. The first kappa shape index (κ1) is 11.4. The summed E-state index contributed by atoms with van der Waals surface area (Å²) in [6.45, 7) is 1.03. The second-order valence-corrected chi connectivity index (χ2v) is 3.95. The van der Waals surface area contributed by atoms with Crippen LogP contribution in [0.1, 0.15) is 12.1 Å². The Bertz CT molecular complexity index is 280. The molecule has 1 rings (SSSR count). The molecule has 76 valence electrons. The topological polar surface area (TPSA) is 24.9 Å². The highest BCUT2D eigenvalue weighted by Gasteiger charge is 1.90. The van der Waals surface area contributed by atoms with Crippen molar-refractivity contribution in [1.29, 1.82) is 0 Å². The molecule has 0 fully saturated rings. The van der Waals surface area contributed by atoms with E-state index in [-0.39, 0.29) is 0 Å². The average Bonchev–Trinajstić information content (AvgIpc) is 2.21. The van der Waals surface area contributed by atoms with Gasteiger partial charge in [-0.25, -0.2) is 0 Å². The minimum Gasteiger partial charge on any atom is -0.319 e. The van der Waals surface area contributed by atoms with E-state index >= 15 is 0 Å². The molecular weight excluding hydrogens is 240 g/mol. The molecule has 1 N–H and O–H groups in total. The van der Waals surface area contributed by atoms with Gasteiger partial charge in [0.2, 0.25) is 0 Å². The van der Waals surface area contributed by atoms with Gasteiger partial charge in [-0.05, 0) is 48.1 Å². The maximum absolute atomic E-state index is 4.28. The van der Waals surface area contributed by atoms with Crippen molar-refractivity contribution in [3.05, 3.63) is 40.6 Å². The quantitative estimate of drug-likeness (QED) is 0.646. The van der Waals surface area contributed by atoms with Crippen molar-refractivity contribution >= 4 is 15.9 Å². The fourth-order valence-corrected chi connectivity index (χ4v) is 1.31. The van der Waals surface area contributed by atoms with E-state index < -0.39 is 0 Å². The number of allylic oxidation sites excluding steroid dienone is 1. The van der Waals surface area contributed by atoms with Crippen molar-refractivity contribution in [1.82, 2.24) is 10.3 Å². The van der Waals surface area contributed by atoms with Crippen LogP contribution in [0, 0.1) is 0 Å². The molecule has 0 saturated carbocycles. The molecule has 0 spiro atoms. The summed E-state index contributed by atoms with van der Waals surface area (Å²) in [5, 5.41) is 3.10. The van der Waals surface area contributed by atoms with Crippen LogP contribution in [0.25, 0.3) is 0 Å². The zero-order valence-corrected chi connectivity index (χ0v) is 9.92. The summed E-state index contributed by atoms with van der Waals surface area (Å²) >= 11 is 3.36. The average molecular weight is 255 g/mol. The highest BCUT2D eigenvalue weighted by atomic mass is 79.9. The Morgan fingerprint density at radius 1 is 1.43 bits per heavy atom. The second kappa shape index (κ2) is 6.74. The van der Waals surface area contributed by atoms with Crippen molar-refractivity contribution in [3.63, 3.8) is 0 Å². The molecule has 0 aromatic carbocycles. The number of nitrogens with one attached hydrogen (secondary N) is 1. The molecule has 0 aliphatic rings. The molecule has 1 aromatic rings. The second-order valence-electron chi connectivity index (χ2n) is 3.04. The standard InChI is InChI=1S/C11H15BrN2/c1-13-8-4-2-3-5-11-7-6-10(12)9-14-11/h2-3,6-7,9,13H,4-5,8H2,1H3/b3-2+. The van der Waals surface area contributed by atoms with Gasteiger partial charge in [-0.15, -0.1) is 0 Å². The van der Waals surface area contributed by atoms with Crippen molar-refractivity contribution < 1.29 is 0 Å². The van der Waals surface area contributed by atoms with Gasteiger partial charge in [0.1, 0.15) is 0 Å². The molecule has 0 atom stereocenters. The molecule has 3 heteroatoms. The molecule has 0 amide bonds. The predicted molar refractivity (Wildman–Crippen MR) is 63.3 cm³/mol. The highest BCUT2D eigenvalue weighted by molar-refractivity contribution is 9.10. The first-order valence-corrected chi connectivity index (χ1v) is 5.52. The van der Waals surface area contributed by atoms with Crippen LogP contribution in [0.3, 0.4) is 0 Å². The van der Waals surface area contributed by atoms with Crippen LogP contribution in [-0.2, 0) is 6.42 Å². The molecule has 0 unspecified atom stereocenters. The number of aromatic nitrogens is 1. The number of rotatable bonds is 5. The van der Waals surface area contributed by atoms with E-state index in [1.165, 1.54) is 0 Å². The van der Waals surface area contributed by atoms with Crippen LogP contribution >= 0.6 is 15.9 Å². The van der Waals surface area contributed by atoms with Crippen LogP contribution < -0.4 is 5.32 Å². The molecule has 0 radical (unpaired) electrons. The minimum atomic E-state index is 0.914. The molecule has 1 aromatic heterocycles. The van der Waals surface area contributed by atoms with Crippen LogP contribution in [-0.4, -0.2) is 18.6 Å². The van der Waals surface area contributed by atoms with Gasteiger partial charge in [0, 0.05) is 22.8 Å². The monoisotopic (exact) mass is 254 g/mol. The van der Waals surface area contributed by atoms with Gasteiger partial charge in [0.25, 0.3) is 0 Å². The van der Waals surface area contributed by atoms with Crippen molar-refractivity contribution in [3.8, 4) is 0 Å². The number of pyridine rings is 1. The Morgan fingerprint density at radius 2 is 2.29 bits per heavy atom. The van der Waals surface area contributed by atoms with Gasteiger partial charge >= 0.3 is 0 Å². The Balaban J connectivity index is 2.30. The molecule has 0 aliphatic heterocycles. The van der Waals surface area contributed by atoms with E-state index in [1.807, 2.05) is 25.4 Å². The summed E-state index contributed by atoms with van der Waals surface area (Å²) in [4.78, 5) is 4.28. The molecule has 0 aliphatic carbocycles. The van der Waals surface area contributed by atoms with Gasteiger partial charge in [-0.2, -0.15) is 0 Å². The maximum atomic E-state index is 4.28. The van der Waals surface area contributed by atoms with Crippen molar-refractivity contribution in [2.75, 3.05) is 13.6 Å². The SMILES string of the molecule is CNCC/C=C/Cc1ccc(Br)cn1. The zero-order valence-electron chi connectivity index (χ0n) is 8.33. The molecular formula is C11H15BrN2. The maximum Gasteiger partial charge on any atom is 0.0442 e. The number of nitrogens with zero attached hydrogens (tertiary/aromatic N) is 1. The van der Waals surface area contributed by atoms with Crippen LogP contribution in [0.2, 0.25) is 0 Å². The van der Waals surface area contributed by atoms with Gasteiger partial charge in [0.15, 0.2) is 0 Å². The third kappa shape index (κ3) is 4.53. The first-order valence-electron chi connectivity index (χ1n) is 4.73. The van der Waals surface area contributed by atoms with Gasteiger partial charge in [-0.3, -0.25) is 4.98 Å². The summed E-state index contributed by atoms with van der Waals surface area (Å²) in [5.41, 5.74) is 1.11. The third-order valence-electron chi connectivity index (χ3n) is 1.84. The summed E-state index contributed by atoms with van der Waals surface area (Å²) < 4.78 is 1.03. The van der Waals surface area contributed by atoms with E-state index in [0.29, 0.717) is 0 Å². The normalized spacial score (nSPS) is 11.0. The molecule has 0 saturated heterocycles. The van der Waals surface area contributed by atoms with Gasteiger partial charge in [0.05, 0.1) is 0 Å². The first-order chi connectivity index (χ1) is 6.83. The lowest BCUT2D eigenvalue weighted by molar-refractivity contribution is 0.806. The van der Waals surface area contributed by atoms with Crippen LogP contribution in [0.4, 0.5) is 0 Å². The lowest BCUT2D eigenvalue weighted by Gasteiger charge is -1.95. The van der Waals surface area contributed by atoms with Crippen molar-refractivity contribution in [2.24, 2.45) is 0 Å². The number of hydrogen-bond acceptors (Lipinski definition) is 2. The van der Waals surface area contributed by atoms with Gasteiger partial charge in [-0.1, -0.05) is 12.2 Å². The summed E-state index contributed by atoms with van der Waals surface area (Å²) in [5.74, 6) is 0. The lowest BCUT2D eigenvalue weighted by Crippen LogP contribution is -2.05. The van der Waals surface area contributed by atoms with Gasteiger partial charge < -0.3 is 5.32 Å². The van der Waals surface area contributed by atoms with E-state index in [1.54, 1.807) is 0 Å². The fourth-order valence-electron chi connectivity index (χ4n) is 1.08. The van der Waals surface area contributed by atoms with E-state index in [0.717, 1.165) is 29.6 Å². The Kier molecular flexibility index (Phi) is 5.49. The lowest BCUT2D eigenvalue weighted by atomic mass is 10.2. The number of halogens is 1.